The fraction of sp³-hybridized carbons (Fsp3) is 0.240. The van der Waals surface area contributed by atoms with E-state index >= 15 is 0 Å². The Morgan fingerprint density at radius 2 is 1.71 bits per heavy atom. The Labute approximate surface area is 198 Å². The lowest BCUT2D eigenvalue weighted by Crippen LogP contribution is -2.40. The molecule has 2 aliphatic rings. The summed E-state index contributed by atoms with van der Waals surface area (Å²) in [5.41, 5.74) is 1.20. The number of fused-ring (bicyclic) bond motifs is 1. The number of morpholine rings is 1. The number of carbonyl (C=O) groups is 1. The van der Waals surface area contributed by atoms with Gasteiger partial charge in [0.2, 0.25) is 10.0 Å². The molecular formula is C25H24N2O6S. The summed E-state index contributed by atoms with van der Waals surface area (Å²) in [5, 5.41) is 2.83. The second-order valence-electron chi connectivity index (χ2n) is 8.00. The monoisotopic (exact) mass is 480 g/mol. The lowest BCUT2D eigenvalue weighted by atomic mass is 10.1. The summed E-state index contributed by atoms with van der Waals surface area (Å²) in [5.74, 6) is 1.18. The molecule has 0 radical (unpaired) electrons. The number of carbonyl (C=O) groups excluding carboxylic acids is 1. The Hall–Kier alpha value is -3.40. The standard InChI is InChI=1S/C25H24N2O6S/c28-25(24-16-18-6-4-5-9-22(18)33-24)26-21-17-20(34(29,30)27-12-14-31-15-13-27)10-11-23(21)32-19-7-2-1-3-8-19/h1-11,17,24H,12-16H2,(H,26,28). The van der Waals surface area contributed by atoms with Crippen LogP contribution in [0.5, 0.6) is 17.2 Å². The van der Waals surface area contributed by atoms with Crippen LogP contribution in [0.2, 0.25) is 0 Å². The highest BCUT2D eigenvalue weighted by Gasteiger charge is 2.31. The largest absolute Gasteiger partial charge is 0.480 e. The van der Waals surface area contributed by atoms with E-state index in [9.17, 15) is 13.2 Å². The van der Waals surface area contributed by atoms with Gasteiger partial charge in [-0.1, -0.05) is 36.4 Å². The number of rotatable bonds is 6. The highest BCUT2D eigenvalue weighted by molar-refractivity contribution is 7.89. The molecule has 2 heterocycles. The number of anilines is 1. The topological polar surface area (TPSA) is 94.2 Å². The summed E-state index contributed by atoms with van der Waals surface area (Å²) in [6.07, 6.45) is -0.288. The lowest BCUT2D eigenvalue weighted by Gasteiger charge is -2.26. The van der Waals surface area contributed by atoms with E-state index in [0.717, 1.165) is 5.56 Å². The van der Waals surface area contributed by atoms with Crippen molar-refractivity contribution in [2.75, 3.05) is 31.6 Å². The first-order valence-electron chi connectivity index (χ1n) is 11.0. The third-order valence-corrected chi connectivity index (χ3v) is 7.62. The van der Waals surface area contributed by atoms with Gasteiger partial charge in [0.1, 0.15) is 11.5 Å². The van der Waals surface area contributed by atoms with Crippen molar-refractivity contribution < 1.29 is 27.4 Å². The molecule has 1 atom stereocenters. The summed E-state index contributed by atoms with van der Waals surface area (Å²) in [7, 11) is -3.76. The van der Waals surface area contributed by atoms with Crippen molar-refractivity contribution in [1.29, 1.82) is 0 Å². The van der Waals surface area contributed by atoms with Crippen molar-refractivity contribution >= 4 is 21.6 Å². The third kappa shape index (κ3) is 4.63. The molecule has 1 saturated heterocycles. The minimum atomic E-state index is -3.76. The van der Waals surface area contributed by atoms with E-state index in [1.54, 1.807) is 18.2 Å². The van der Waals surface area contributed by atoms with Gasteiger partial charge in [-0.05, 0) is 42.0 Å². The molecule has 3 aromatic rings. The Kier molecular flexibility index (Phi) is 6.23. The molecule has 1 unspecified atom stereocenters. The van der Waals surface area contributed by atoms with Crippen LogP contribution < -0.4 is 14.8 Å². The minimum absolute atomic E-state index is 0.0701. The molecule has 2 aliphatic heterocycles. The van der Waals surface area contributed by atoms with E-state index < -0.39 is 16.1 Å². The summed E-state index contributed by atoms with van der Waals surface area (Å²) in [6.45, 7) is 1.25. The zero-order chi connectivity index (χ0) is 23.5. The highest BCUT2D eigenvalue weighted by atomic mass is 32.2. The first-order valence-corrected chi connectivity index (χ1v) is 12.4. The average Bonchev–Trinajstić information content (AvgIpc) is 3.31. The second kappa shape index (κ2) is 9.46. The Morgan fingerprint density at radius 1 is 0.971 bits per heavy atom. The number of nitrogens with one attached hydrogen (secondary N) is 1. The predicted octanol–water partition coefficient (Wildman–Crippen LogP) is 3.44. The normalized spacial score (nSPS) is 18.1. The van der Waals surface area contributed by atoms with E-state index in [0.29, 0.717) is 36.9 Å². The maximum atomic E-state index is 13.2. The van der Waals surface area contributed by atoms with Crippen LogP contribution in [0.4, 0.5) is 5.69 Å². The quantitative estimate of drug-likeness (QED) is 0.581. The van der Waals surface area contributed by atoms with Gasteiger partial charge in [0.25, 0.3) is 5.91 Å². The van der Waals surface area contributed by atoms with Crippen LogP contribution in [0, 0.1) is 0 Å². The molecule has 0 aliphatic carbocycles. The molecule has 1 fully saturated rings. The maximum Gasteiger partial charge on any atom is 0.265 e. The predicted molar refractivity (Wildman–Crippen MR) is 126 cm³/mol. The van der Waals surface area contributed by atoms with Crippen LogP contribution >= 0.6 is 0 Å². The van der Waals surface area contributed by atoms with Crippen molar-refractivity contribution in [3.8, 4) is 17.2 Å². The number of sulfonamides is 1. The number of para-hydroxylation sites is 2. The number of hydrogen-bond donors (Lipinski definition) is 1. The molecule has 0 bridgehead atoms. The van der Waals surface area contributed by atoms with Gasteiger partial charge in [0.15, 0.2) is 11.9 Å². The molecule has 8 nitrogen and oxygen atoms in total. The van der Waals surface area contributed by atoms with E-state index in [4.69, 9.17) is 14.2 Å². The van der Waals surface area contributed by atoms with Gasteiger partial charge in [-0.15, -0.1) is 0 Å². The van der Waals surface area contributed by atoms with Crippen molar-refractivity contribution in [2.24, 2.45) is 0 Å². The van der Waals surface area contributed by atoms with Crippen molar-refractivity contribution in [3.05, 3.63) is 78.4 Å². The Bertz CT molecular complexity index is 1260. The smallest absolute Gasteiger partial charge is 0.265 e. The zero-order valence-corrected chi connectivity index (χ0v) is 19.2. The van der Waals surface area contributed by atoms with Crippen molar-refractivity contribution in [1.82, 2.24) is 4.31 Å². The molecule has 5 rings (SSSR count). The van der Waals surface area contributed by atoms with Gasteiger partial charge in [-0.2, -0.15) is 4.31 Å². The van der Waals surface area contributed by atoms with E-state index in [-0.39, 0.29) is 29.6 Å². The van der Waals surface area contributed by atoms with Crippen molar-refractivity contribution in [2.45, 2.75) is 17.4 Å². The molecule has 9 heteroatoms. The molecule has 0 aromatic heterocycles. The van der Waals surface area contributed by atoms with Crippen LogP contribution in [0.3, 0.4) is 0 Å². The van der Waals surface area contributed by atoms with Crippen LogP contribution in [0.15, 0.2) is 77.7 Å². The van der Waals surface area contributed by atoms with Crippen LogP contribution in [0.25, 0.3) is 0 Å². The maximum absolute atomic E-state index is 13.2. The lowest BCUT2D eigenvalue weighted by molar-refractivity contribution is -0.122. The van der Waals surface area contributed by atoms with Crippen LogP contribution in [0.1, 0.15) is 5.56 Å². The minimum Gasteiger partial charge on any atom is -0.480 e. The summed E-state index contributed by atoms with van der Waals surface area (Å²) in [4.78, 5) is 13.2. The van der Waals surface area contributed by atoms with E-state index in [1.165, 1.54) is 16.4 Å². The van der Waals surface area contributed by atoms with Gasteiger partial charge in [0, 0.05) is 19.5 Å². The molecule has 34 heavy (non-hydrogen) atoms. The fourth-order valence-corrected chi connectivity index (χ4v) is 5.38. The van der Waals surface area contributed by atoms with Crippen LogP contribution in [-0.2, 0) is 26.0 Å². The van der Waals surface area contributed by atoms with Crippen LogP contribution in [-0.4, -0.2) is 51.0 Å². The van der Waals surface area contributed by atoms with Gasteiger partial charge in [0.05, 0.1) is 23.8 Å². The first kappa shape index (κ1) is 22.4. The molecule has 1 amide bonds. The molecule has 176 valence electrons. The third-order valence-electron chi connectivity index (χ3n) is 5.73. The molecular weight excluding hydrogens is 456 g/mol. The first-order chi connectivity index (χ1) is 16.5. The average molecular weight is 481 g/mol. The second-order valence-corrected chi connectivity index (χ2v) is 9.94. The Morgan fingerprint density at radius 3 is 2.47 bits per heavy atom. The molecule has 1 N–H and O–H groups in total. The summed E-state index contributed by atoms with van der Waals surface area (Å²) < 4.78 is 44.8. The summed E-state index contributed by atoms with van der Waals surface area (Å²) >= 11 is 0. The SMILES string of the molecule is O=C(Nc1cc(S(=O)(=O)N2CCOCC2)ccc1Oc1ccccc1)C1Cc2ccccc2O1. The van der Waals surface area contributed by atoms with Gasteiger partial charge < -0.3 is 19.5 Å². The fourth-order valence-electron chi connectivity index (χ4n) is 3.95. The number of nitrogens with zero attached hydrogens (tertiary/aromatic N) is 1. The van der Waals surface area contributed by atoms with Gasteiger partial charge in [-0.3, -0.25) is 4.79 Å². The number of hydrogen-bond acceptors (Lipinski definition) is 6. The number of benzene rings is 3. The molecule has 0 saturated carbocycles. The Balaban J connectivity index is 1.44. The van der Waals surface area contributed by atoms with Crippen molar-refractivity contribution in [3.63, 3.8) is 0 Å². The molecule has 0 spiro atoms. The number of amides is 1. The van der Waals surface area contributed by atoms with E-state index in [1.807, 2.05) is 42.5 Å². The number of ether oxygens (including phenoxy) is 3. The van der Waals surface area contributed by atoms with Gasteiger partial charge >= 0.3 is 0 Å². The van der Waals surface area contributed by atoms with E-state index in [2.05, 4.69) is 5.32 Å². The molecule has 3 aromatic carbocycles. The van der Waals surface area contributed by atoms with Gasteiger partial charge in [-0.25, -0.2) is 8.42 Å². The highest BCUT2D eigenvalue weighted by Crippen LogP contribution is 2.34. The summed E-state index contributed by atoms with van der Waals surface area (Å²) in [6, 6.07) is 21.0. The zero-order valence-electron chi connectivity index (χ0n) is 18.3.